The molecule has 5 heteroatoms. The molecular formula is C18H15N3OS. The maximum Gasteiger partial charge on any atom is 0.259 e. The number of nitrogens with zero attached hydrogens (tertiary/aromatic N) is 2. The molecule has 0 atom stereocenters. The zero-order valence-corrected chi connectivity index (χ0v) is 13.4. The van der Waals surface area contributed by atoms with Gasteiger partial charge in [-0.2, -0.15) is 0 Å². The number of amides is 1. The lowest BCUT2D eigenvalue weighted by atomic mass is 10.2. The average Bonchev–Trinajstić information content (AvgIpc) is 2.58. The molecule has 0 bridgehead atoms. The summed E-state index contributed by atoms with van der Waals surface area (Å²) >= 11 is 1.46. The molecule has 0 saturated heterocycles. The standard InChI is InChI=1S/C18H15N3OS/c1-13-9-10-16(20-12-13)21-17(22)15-8-5-11-19-18(15)23-14-6-3-2-4-7-14/h2-12H,1H3,(H,20,21,22). The zero-order chi connectivity index (χ0) is 16.1. The molecule has 0 unspecified atom stereocenters. The van der Waals surface area contributed by atoms with E-state index in [0.717, 1.165) is 10.5 Å². The van der Waals surface area contributed by atoms with Gasteiger partial charge in [-0.05, 0) is 42.8 Å². The number of pyridine rings is 2. The number of aryl methyl sites for hydroxylation is 1. The first-order valence-electron chi connectivity index (χ1n) is 7.14. The quantitative estimate of drug-likeness (QED) is 0.783. The molecule has 2 heterocycles. The Morgan fingerprint density at radius 3 is 2.57 bits per heavy atom. The van der Waals surface area contributed by atoms with E-state index in [4.69, 9.17) is 0 Å². The van der Waals surface area contributed by atoms with Crippen LogP contribution in [0.4, 0.5) is 5.82 Å². The van der Waals surface area contributed by atoms with Crippen LogP contribution in [0.25, 0.3) is 0 Å². The molecule has 3 rings (SSSR count). The summed E-state index contributed by atoms with van der Waals surface area (Å²) < 4.78 is 0. The van der Waals surface area contributed by atoms with Gasteiger partial charge in [0.2, 0.25) is 0 Å². The van der Waals surface area contributed by atoms with E-state index in [1.54, 1.807) is 30.6 Å². The first kappa shape index (κ1) is 15.2. The SMILES string of the molecule is Cc1ccc(NC(=O)c2cccnc2Sc2ccccc2)nc1. The summed E-state index contributed by atoms with van der Waals surface area (Å²) in [5.74, 6) is 0.313. The smallest absolute Gasteiger partial charge is 0.259 e. The van der Waals surface area contributed by atoms with Crippen LogP contribution < -0.4 is 5.32 Å². The number of anilines is 1. The van der Waals surface area contributed by atoms with Crippen molar-refractivity contribution in [2.45, 2.75) is 16.8 Å². The first-order chi connectivity index (χ1) is 11.2. The Hall–Kier alpha value is -2.66. The largest absolute Gasteiger partial charge is 0.306 e. The molecule has 0 radical (unpaired) electrons. The summed E-state index contributed by atoms with van der Waals surface area (Å²) in [5, 5.41) is 3.48. The van der Waals surface area contributed by atoms with E-state index in [1.165, 1.54) is 11.8 Å². The van der Waals surface area contributed by atoms with Crippen LogP contribution in [0.15, 0.2) is 76.9 Å². The third-order valence-electron chi connectivity index (χ3n) is 3.13. The highest BCUT2D eigenvalue weighted by molar-refractivity contribution is 7.99. The van der Waals surface area contributed by atoms with Crippen LogP contribution in [0.3, 0.4) is 0 Å². The number of aromatic nitrogens is 2. The second-order valence-corrected chi connectivity index (χ2v) is 6.01. The number of hydrogen-bond donors (Lipinski definition) is 1. The highest BCUT2D eigenvalue weighted by Gasteiger charge is 2.14. The normalized spacial score (nSPS) is 10.3. The zero-order valence-electron chi connectivity index (χ0n) is 12.6. The molecule has 0 aliphatic heterocycles. The van der Waals surface area contributed by atoms with Gasteiger partial charge in [-0.1, -0.05) is 36.0 Å². The number of carbonyl (C=O) groups is 1. The minimum absolute atomic E-state index is 0.215. The molecule has 2 aromatic heterocycles. The topological polar surface area (TPSA) is 54.9 Å². The predicted octanol–water partition coefficient (Wildman–Crippen LogP) is 4.19. The van der Waals surface area contributed by atoms with Crippen molar-refractivity contribution in [3.05, 3.63) is 78.1 Å². The summed E-state index contributed by atoms with van der Waals surface area (Å²) in [6, 6.07) is 17.1. The van der Waals surface area contributed by atoms with Gasteiger partial charge in [0.1, 0.15) is 10.8 Å². The Balaban J connectivity index is 1.82. The molecule has 1 N–H and O–H groups in total. The molecular weight excluding hydrogens is 306 g/mol. The Bertz CT molecular complexity index is 804. The minimum Gasteiger partial charge on any atom is -0.306 e. The van der Waals surface area contributed by atoms with Crippen LogP contribution in [0.5, 0.6) is 0 Å². The fourth-order valence-corrected chi connectivity index (χ4v) is 2.87. The van der Waals surface area contributed by atoms with Crippen molar-refractivity contribution in [2.75, 3.05) is 5.32 Å². The van der Waals surface area contributed by atoms with Crippen molar-refractivity contribution < 1.29 is 4.79 Å². The highest BCUT2D eigenvalue weighted by atomic mass is 32.2. The van der Waals surface area contributed by atoms with E-state index < -0.39 is 0 Å². The fourth-order valence-electron chi connectivity index (χ4n) is 1.97. The Morgan fingerprint density at radius 2 is 1.83 bits per heavy atom. The van der Waals surface area contributed by atoms with Gasteiger partial charge >= 0.3 is 0 Å². The number of hydrogen-bond acceptors (Lipinski definition) is 4. The third kappa shape index (κ3) is 3.96. The maximum absolute atomic E-state index is 12.5. The van der Waals surface area contributed by atoms with E-state index in [1.807, 2.05) is 43.3 Å². The second kappa shape index (κ2) is 7.07. The van der Waals surface area contributed by atoms with Crippen molar-refractivity contribution in [1.82, 2.24) is 9.97 Å². The Kier molecular flexibility index (Phi) is 4.68. The van der Waals surface area contributed by atoms with Gasteiger partial charge < -0.3 is 5.32 Å². The Morgan fingerprint density at radius 1 is 1.00 bits per heavy atom. The van der Waals surface area contributed by atoms with E-state index >= 15 is 0 Å². The molecule has 23 heavy (non-hydrogen) atoms. The lowest BCUT2D eigenvalue weighted by Gasteiger charge is -2.08. The predicted molar refractivity (Wildman–Crippen MR) is 91.7 cm³/mol. The summed E-state index contributed by atoms with van der Waals surface area (Å²) in [6.45, 7) is 1.95. The van der Waals surface area contributed by atoms with E-state index in [0.29, 0.717) is 16.4 Å². The molecule has 0 aliphatic carbocycles. The van der Waals surface area contributed by atoms with Crippen LogP contribution >= 0.6 is 11.8 Å². The molecule has 3 aromatic rings. The molecule has 4 nitrogen and oxygen atoms in total. The van der Waals surface area contributed by atoms with E-state index in [-0.39, 0.29) is 5.91 Å². The Labute approximate surface area is 139 Å². The molecule has 0 fully saturated rings. The lowest BCUT2D eigenvalue weighted by Crippen LogP contribution is -2.14. The van der Waals surface area contributed by atoms with Crippen LogP contribution in [0.2, 0.25) is 0 Å². The van der Waals surface area contributed by atoms with Crippen molar-refractivity contribution in [3.63, 3.8) is 0 Å². The number of benzene rings is 1. The van der Waals surface area contributed by atoms with Crippen LogP contribution in [-0.2, 0) is 0 Å². The number of nitrogens with one attached hydrogen (secondary N) is 1. The van der Waals surface area contributed by atoms with Gasteiger partial charge in [-0.15, -0.1) is 0 Å². The molecule has 1 aromatic carbocycles. The van der Waals surface area contributed by atoms with Gasteiger partial charge in [0.15, 0.2) is 0 Å². The average molecular weight is 321 g/mol. The van der Waals surface area contributed by atoms with Crippen molar-refractivity contribution in [2.24, 2.45) is 0 Å². The van der Waals surface area contributed by atoms with Crippen LogP contribution in [0, 0.1) is 6.92 Å². The van der Waals surface area contributed by atoms with Gasteiger partial charge in [-0.25, -0.2) is 9.97 Å². The molecule has 114 valence electrons. The fraction of sp³-hybridized carbons (Fsp3) is 0.0556. The van der Waals surface area contributed by atoms with Crippen LogP contribution in [0.1, 0.15) is 15.9 Å². The maximum atomic E-state index is 12.5. The number of carbonyl (C=O) groups excluding carboxylic acids is 1. The van der Waals surface area contributed by atoms with E-state index in [9.17, 15) is 4.79 Å². The highest BCUT2D eigenvalue weighted by Crippen LogP contribution is 2.28. The van der Waals surface area contributed by atoms with Crippen LogP contribution in [-0.4, -0.2) is 15.9 Å². The molecule has 1 amide bonds. The lowest BCUT2D eigenvalue weighted by molar-refractivity contribution is 0.102. The summed E-state index contributed by atoms with van der Waals surface area (Å²) in [5.41, 5.74) is 1.58. The van der Waals surface area contributed by atoms with Crippen molar-refractivity contribution in [3.8, 4) is 0 Å². The van der Waals surface area contributed by atoms with Crippen molar-refractivity contribution in [1.29, 1.82) is 0 Å². The van der Waals surface area contributed by atoms with Gasteiger partial charge in [0.25, 0.3) is 5.91 Å². The summed E-state index contributed by atoms with van der Waals surface area (Å²) in [4.78, 5) is 22.1. The first-order valence-corrected chi connectivity index (χ1v) is 7.96. The summed E-state index contributed by atoms with van der Waals surface area (Å²) in [7, 11) is 0. The minimum atomic E-state index is -0.215. The van der Waals surface area contributed by atoms with E-state index in [2.05, 4.69) is 15.3 Å². The van der Waals surface area contributed by atoms with Gasteiger partial charge in [-0.3, -0.25) is 4.79 Å². The summed E-state index contributed by atoms with van der Waals surface area (Å²) in [6.07, 6.45) is 3.41. The number of rotatable bonds is 4. The third-order valence-corrected chi connectivity index (χ3v) is 4.15. The second-order valence-electron chi connectivity index (χ2n) is 4.95. The molecule has 0 saturated carbocycles. The van der Waals surface area contributed by atoms with Gasteiger partial charge in [0, 0.05) is 17.3 Å². The molecule has 0 spiro atoms. The van der Waals surface area contributed by atoms with Crippen molar-refractivity contribution >= 4 is 23.5 Å². The van der Waals surface area contributed by atoms with Gasteiger partial charge in [0.05, 0.1) is 5.56 Å². The molecule has 0 aliphatic rings. The monoisotopic (exact) mass is 321 g/mol.